The fourth-order valence-corrected chi connectivity index (χ4v) is 2.70. The van der Waals surface area contributed by atoms with Crippen molar-refractivity contribution in [3.8, 4) is 0 Å². The summed E-state index contributed by atoms with van der Waals surface area (Å²) in [5.74, 6) is -0.219. The van der Waals surface area contributed by atoms with E-state index in [2.05, 4.69) is 4.98 Å². The number of carbonyl (C=O) groups is 1. The third-order valence-electron chi connectivity index (χ3n) is 2.81. The van der Waals surface area contributed by atoms with Crippen LogP contribution in [0.3, 0.4) is 0 Å². The Bertz CT molecular complexity index is 558. The number of sulfonamides is 1. The van der Waals surface area contributed by atoms with E-state index in [1.54, 1.807) is 18.3 Å². The highest BCUT2D eigenvalue weighted by Crippen LogP contribution is 2.19. The van der Waals surface area contributed by atoms with Gasteiger partial charge >= 0.3 is 0 Å². The molecule has 1 unspecified atom stereocenters. The standard InChI is InChI=1S/C10H12ClN3O3S/c11-9-2-1-7(4-13-9)5-14-6-8(3-10(14)15)18(12,16)17/h1-2,4,8H,3,5-6H2,(H2,12,16,17). The van der Waals surface area contributed by atoms with Gasteiger partial charge in [0.1, 0.15) is 10.4 Å². The van der Waals surface area contributed by atoms with Gasteiger partial charge in [0.2, 0.25) is 15.9 Å². The molecule has 6 nitrogen and oxygen atoms in total. The summed E-state index contributed by atoms with van der Waals surface area (Å²) in [5, 5.41) is 4.60. The maximum absolute atomic E-state index is 11.7. The van der Waals surface area contributed by atoms with E-state index in [4.69, 9.17) is 16.7 Å². The molecule has 1 aliphatic rings. The lowest BCUT2D eigenvalue weighted by Gasteiger charge is -2.15. The van der Waals surface area contributed by atoms with Gasteiger partial charge in [0.25, 0.3) is 0 Å². The summed E-state index contributed by atoms with van der Waals surface area (Å²) < 4.78 is 22.4. The van der Waals surface area contributed by atoms with Crippen LogP contribution in [0.2, 0.25) is 5.15 Å². The van der Waals surface area contributed by atoms with Crippen molar-refractivity contribution >= 4 is 27.5 Å². The summed E-state index contributed by atoms with van der Waals surface area (Å²) in [6.07, 6.45) is 1.50. The fourth-order valence-electron chi connectivity index (χ4n) is 1.83. The molecule has 1 aliphatic heterocycles. The normalized spacial score (nSPS) is 20.4. The summed E-state index contributed by atoms with van der Waals surface area (Å²) in [5.41, 5.74) is 0.794. The van der Waals surface area contributed by atoms with Gasteiger partial charge in [0, 0.05) is 25.7 Å². The van der Waals surface area contributed by atoms with Crippen LogP contribution in [0.15, 0.2) is 18.3 Å². The molecule has 2 N–H and O–H groups in total. The zero-order valence-electron chi connectivity index (χ0n) is 9.41. The third-order valence-corrected chi connectivity index (χ3v) is 4.27. The van der Waals surface area contributed by atoms with Gasteiger partial charge in [-0.05, 0) is 11.6 Å². The Morgan fingerprint density at radius 3 is 2.72 bits per heavy atom. The number of amides is 1. The van der Waals surface area contributed by atoms with Crippen LogP contribution >= 0.6 is 11.6 Å². The third kappa shape index (κ3) is 2.98. The number of nitrogens with two attached hydrogens (primary N) is 1. The number of likely N-dealkylation sites (tertiary alicyclic amines) is 1. The molecule has 2 rings (SSSR count). The number of hydrogen-bond donors (Lipinski definition) is 1. The Morgan fingerprint density at radius 1 is 1.50 bits per heavy atom. The van der Waals surface area contributed by atoms with Crippen molar-refractivity contribution in [2.45, 2.75) is 18.2 Å². The number of pyridine rings is 1. The van der Waals surface area contributed by atoms with E-state index >= 15 is 0 Å². The Balaban J connectivity index is 2.07. The molecule has 98 valence electrons. The van der Waals surface area contributed by atoms with Crippen LogP contribution in [-0.2, 0) is 21.4 Å². The van der Waals surface area contributed by atoms with Crippen molar-refractivity contribution < 1.29 is 13.2 Å². The first-order valence-corrected chi connectivity index (χ1v) is 7.25. The smallest absolute Gasteiger partial charge is 0.224 e. The van der Waals surface area contributed by atoms with Gasteiger partial charge in [0.05, 0.1) is 0 Å². The monoisotopic (exact) mass is 289 g/mol. The highest BCUT2D eigenvalue weighted by atomic mass is 35.5. The number of primary sulfonamides is 1. The average Bonchev–Trinajstić information content (AvgIpc) is 2.63. The molecule has 8 heteroatoms. The number of carbonyl (C=O) groups excluding carboxylic acids is 1. The first kappa shape index (κ1) is 13.3. The Hall–Kier alpha value is -1.18. The van der Waals surface area contributed by atoms with Gasteiger partial charge in [-0.25, -0.2) is 18.5 Å². The molecular formula is C10H12ClN3O3S. The highest BCUT2D eigenvalue weighted by Gasteiger charge is 2.36. The van der Waals surface area contributed by atoms with E-state index in [0.717, 1.165) is 5.56 Å². The maximum atomic E-state index is 11.7. The van der Waals surface area contributed by atoms with Gasteiger partial charge in [0.15, 0.2) is 0 Å². The molecule has 1 fully saturated rings. The SMILES string of the molecule is NS(=O)(=O)C1CC(=O)N(Cc2ccc(Cl)nc2)C1. The molecule has 1 aromatic rings. The van der Waals surface area contributed by atoms with Crippen molar-refractivity contribution in [3.05, 3.63) is 29.0 Å². The van der Waals surface area contributed by atoms with Gasteiger partial charge in [-0.1, -0.05) is 17.7 Å². The molecule has 1 saturated heterocycles. The largest absolute Gasteiger partial charge is 0.337 e. The molecule has 1 aromatic heterocycles. The zero-order chi connectivity index (χ0) is 13.3. The first-order chi connectivity index (χ1) is 8.36. The summed E-state index contributed by atoms with van der Waals surface area (Å²) in [4.78, 5) is 17.0. The molecule has 0 bridgehead atoms. The first-order valence-electron chi connectivity index (χ1n) is 5.26. The Labute approximate surface area is 110 Å². The molecule has 0 aromatic carbocycles. The minimum Gasteiger partial charge on any atom is -0.337 e. The lowest BCUT2D eigenvalue weighted by molar-refractivity contribution is -0.128. The summed E-state index contributed by atoms with van der Waals surface area (Å²) >= 11 is 5.65. The second-order valence-corrected chi connectivity index (χ2v) is 6.41. The number of aromatic nitrogens is 1. The van der Waals surface area contributed by atoms with Crippen LogP contribution in [0.25, 0.3) is 0 Å². The van der Waals surface area contributed by atoms with Crippen LogP contribution in [0.4, 0.5) is 0 Å². The van der Waals surface area contributed by atoms with E-state index in [1.165, 1.54) is 4.90 Å². The van der Waals surface area contributed by atoms with E-state index in [-0.39, 0.29) is 18.9 Å². The lowest BCUT2D eigenvalue weighted by Crippen LogP contribution is -2.31. The zero-order valence-corrected chi connectivity index (χ0v) is 11.0. The molecule has 0 radical (unpaired) electrons. The predicted molar refractivity (Wildman–Crippen MR) is 66.2 cm³/mol. The topological polar surface area (TPSA) is 93.4 Å². The van der Waals surface area contributed by atoms with Crippen LogP contribution in [0.1, 0.15) is 12.0 Å². The van der Waals surface area contributed by atoms with E-state index in [0.29, 0.717) is 11.7 Å². The quantitative estimate of drug-likeness (QED) is 0.800. The van der Waals surface area contributed by atoms with Gasteiger partial charge in [-0.3, -0.25) is 4.79 Å². The summed E-state index contributed by atoms with van der Waals surface area (Å²) in [6, 6.07) is 3.36. The second kappa shape index (κ2) is 4.83. The molecular weight excluding hydrogens is 278 g/mol. The average molecular weight is 290 g/mol. The molecule has 1 atom stereocenters. The van der Waals surface area contributed by atoms with Crippen molar-refractivity contribution in [2.24, 2.45) is 5.14 Å². The number of halogens is 1. The highest BCUT2D eigenvalue weighted by molar-refractivity contribution is 7.89. The van der Waals surface area contributed by atoms with Gasteiger partial charge in [-0.15, -0.1) is 0 Å². The second-order valence-electron chi connectivity index (χ2n) is 4.18. The van der Waals surface area contributed by atoms with Crippen molar-refractivity contribution in [3.63, 3.8) is 0 Å². The molecule has 0 spiro atoms. The number of rotatable bonds is 3. The van der Waals surface area contributed by atoms with Gasteiger partial charge < -0.3 is 4.90 Å². The van der Waals surface area contributed by atoms with E-state index < -0.39 is 15.3 Å². The number of hydrogen-bond acceptors (Lipinski definition) is 4. The summed E-state index contributed by atoms with van der Waals surface area (Å²) in [6.45, 7) is 0.440. The van der Waals surface area contributed by atoms with Crippen LogP contribution < -0.4 is 5.14 Å². The fraction of sp³-hybridized carbons (Fsp3) is 0.400. The molecule has 18 heavy (non-hydrogen) atoms. The van der Waals surface area contributed by atoms with Crippen molar-refractivity contribution in [1.29, 1.82) is 0 Å². The lowest BCUT2D eigenvalue weighted by atomic mass is 10.3. The predicted octanol–water partition coefficient (Wildman–Crippen LogP) is 0.124. The molecule has 1 amide bonds. The van der Waals surface area contributed by atoms with Gasteiger partial charge in [-0.2, -0.15) is 0 Å². The van der Waals surface area contributed by atoms with E-state index in [9.17, 15) is 13.2 Å². The number of nitrogens with zero attached hydrogens (tertiary/aromatic N) is 2. The van der Waals surface area contributed by atoms with Crippen LogP contribution in [-0.4, -0.2) is 36.0 Å². The van der Waals surface area contributed by atoms with Crippen molar-refractivity contribution in [1.82, 2.24) is 9.88 Å². The van der Waals surface area contributed by atoms with E-state index in [1.807, 2.05) is 0 Å². The Morgan fingerprint density at radius 2 is 2.22 bits per heavy atom. The maximum Gasteiger partial charge on any atom is 0.224 e. The molecule has 0 saturated carbocycles. The summed E-state index contributed by atoms with van der Waals surface area (Å²) in [7, 11) is -3.67. The van der Waals surface area contributed by atoms with Crippen LogP contribution in [0, 0.1) is 0 Å². The molecule has 2 heterocycles. The minimum atomic E-state index is -3.67. The molecule has 0 aliphatic carbocycles. The van der Waals surface area contributed by atoms with Crippen LogP contribution in [0.5, 0.6) is 0 Å². The van der Waals surface area contributed by atoms with Crippen molar-refractivity contribution in [2.75, 3.05) is 6.54 Å². The Kier molecular flexibility index (Phi) is 3.56. The minimum absolute atomic E-state index is 0.0557.